The van der Waals surface area contributed by atoms with Gasteiger partial charge >= 0.3 is 6.09 Å². The van der Waals surface area contributed by atoms with Crippen molar-refractivity contribution in [2.45, 2.75) is 71.8 Å². The van der Waals surface area contributed by atoms with Crippen molar-refractivity contribution in [1.29, 1.82) is 0 Å². The van der Waals surface area contributed by atoms with Crippen LogP contribution in [-0.2, 0) is 20.8 Å². The van der Waals surface area contributed by atoms with E-state index in [1.807, 2.05) is 82.0 Å². The Hall–Kier alpha value is -2.84. The van der Waals surface area contributed by atoms with E-state index in [2.05, 4.69) is 9.88 Å². The van der Waals surface area contributed by atoms with E-state index in [1.165, 1.54) is 0 Å². The summed E-state index contributed by atoms with van der Waals surface area (Å²) >= 11 is 0. The molecule has 37 heavy (non-hydrogen) atoms. The maximum Gasteiger partial charge on any atom is 0.410 e. The van der Waals surface area contributed by atoms with Crippen molar-refractivity contribution in [3.63, 3.8) is 0 Å². The molecule has 8 heteroatoms. The van der Waals surface area contributed by atoms with E-state index in [-0.39, 0.29) is 18.2 Å². The Kier molecular flexibility index (Phi) is 11.0. The van der Waals surface area contributed by atoms with Gasteiger partial charge in [-0.05, 0) is 45.2 Å². The van der Waals surface area contributed by atoms with Gasteiger partial charge in [0.1, 0.15) is 12.2 Å². The zero-order valence-electron chi connectivity index (χ0n) is 23.0. The third-order valence-corrected chi connectivity index (χ3v) is 6.11. The largest absolute Gasteiger partial charge is 0.475 e. The van der Waals surface area contributed by atoms with Crippen molar-refractivity contribution < 1.29 is 23.7 Å². The number of carbonyl (C=O) groups is 1. The molecule has 0 saturated carbocycles. The van der Waals surface area contributed by atoms with E-state index in [0.717, 1.165) is 24.1 Å². The van der Waals surface area contributed by atoms with Gasteiger partial charge in [0.25, 0.3) is 0 Å². The summed E-state index contributed by atoms with van der Waals surface area (Å²) in [6, 6.07) is 14.6. The molecule has 0 N–H and O–H groups in total. The highest BCUT2D eigenvalue weighted by atomic mass is 16.6. The quantitative estimate of drug-likeness (QED) is 0.399. The Morgan fingerprint density at radius 2 is 1.59 bits per heavy atom. The van der Waals surface area contributed by atoms with Crippen LogP contribution < -0.4 is 9.64 Å². The summed E-state index contributed by atoms with van der Waals surface area (Å²) in [5.74, 6) is 0.584. The second kappa shape index (κ2) is 14.2. The molecule has 0 aliphatic carbocycles. The number of piperazine rings is 1. The number of nitrogens with zero attached hydrogens (tertiary/aromatic N) is 3. The molecule has 2 saturated heterocycles. The van der Waals surface area contributed by atoms with Gasteiger partial charge in [-0.25, -0.2) is 9.78 Å². The Labute approximate surface area is 221 Å². The minimum atomic E-state index is -0.483. The molecule has 204 valence electrons. The molecule has 2 aliphatic rings. The van der Waals surface area contributed by atoms with Crippen molar-refractivity contribution in [2.75, 3.05) is 44.4 Å². The van der Waals surface area contributed by atoms with Gasteiger partial charge in [-0.2, -0.15) is 0 Å². The Morgan fingerprint density at radius 1 is 0.946 bits per heavy atom. The molecule has 1 amide bonds. The van der Waals surface area contributed by atoms with Crippen LogP contribution in [0.5, 0.6) is 5.88 Å². The molecule has 2 fully saturated rings. The van der Waals surface area contributed by atoms with Gasteiger partial charge in [0.2, 0.25) is 5.88 Å². The standard InChI is InChI=1S/C27H37N3O5.C2H6/c1-27(2,3)35-26(31)29-18-23-9-10-24(19-29)30(23)22-11-12-28-25(17-22)34-16-15-32-13-14-33-20-21-7-5-4-6-8-21;1-2/h4-8,11-12,17,23-24H,9-10,13-16,18-20H2,1-3H3;1-2H3. The predicted octanol–water partition coefficient (Wildman–Crippen LogP) is 5.31. The minimum Gasteiger partial charge on any atom is -0.475 e. The highest BCUT2D eigenvalue weighted by Gasteiger charge is 2.42. The number of pyridine rings is 1. The van der Waals surface area contributed by atoms with E-state index in [9.17, 15) is 4.79 Å². The van der Waals surface area contributed by atoms with Crippen molar-refractivity contribution in [2.24, 2.45) is 0 Å². The first-order chi connectivity index (χ1) is 17.9. The monoisotopic (exact) mass is 513 g/mol. The third-order valence-electron chi connectivity index (χ3n) is 6.11. The zero-order valence-corrected chi connectivity index (χ0v) is 23.0. The van der Waals surface area contributed by atoms with Gasteiger partial charge in [-0.3, -0.25) is 0 Å². The number of rotatable bonds is 10. The molecular weight excluding hydrogens is 470 g/mol. The molecule has 2 aliphatic heterocycles. The first-order valence-electron chi connectivity index (χ1n) is 13.4. The molecule has 2 atom stereocenters. The number of hydrogen-bond acceptors (Lipinski definition) is 7. The predicted molar refractivity (Wildman–Crippen MR) is 145 cm³/mol. The molecule has 2 bridgehead atoms. The highest BCUT2D eigenvalue weighted by Crippen LogP contribution is 2.36. The lowest BCUT2D eigenvalue weighted by Crippen LogP contribution is -2.56. The molecule has 0 spiro atoms. The summed E-state index contributed by atoms with van der Waals surface area (Å²) < 4.78 is 22.7. The second-order valence-electron chi connectivity index (χ2n) is 10.0. The van der Waals surface area contributed by atoms with Crippen LogP contribution in [0.2, 0.25) is 0 Å². The zero-order chi connectivity index (χ0) is 26.7. The number of ether oxygens (including phenoxy) is 4. The van der Waals surface area contributed by atoms with Gasteiger partial charge in [0.05, 0.1) is 26.4 Å². The second-order valence-corrected chi connectivity index (χ2v) is 10.0. The average molecular weight is 514 g/mol. The highest BCUT2D eigenvalue weighted by molar-refractivity contribution is 5.69. The summed E-state index contributed by atoms with van der Waals surface area (Å²) in [4.78, 5) is 21.2. The SMILES string of the molecule is CC.CC(C)(C)OC(=O)N1CC2CCC(C1)N2c1ccnc(OCCOCCOCc2ccccc2)c1. The van der Waals surface area contributed by atoms with Gasteiger partial charge in [0, 0.05) is 43.1 Å². The van der Waals surface area contributed by atoms with Crippen LogP contribution in [0.25, 0.3) is 0 Å². The maximum atomic E-state index is 12.6. The number of aromatic nitrogens is 1. The topological polar surface area (TPSA) is 73.4 Å². The van der Waals surface area contributed by atoms with Crippen molar-refractivity contribution in [3.05, 3.63) is 54.2 Å². The number of carbonyl (C=O) groups excluding carboxylic acids is 1. The maximum absolute atomic E-state index is 12.6. The summed E-state index contributed by atoms with van der Waals surface area (Å²) in [5, 5.41) is 0. The lowest BCUT2D eigenvalue weighted by atomic mass is 10.1. The fourth-order valence-corrected chi connectivity index (χ4v) is 4.63. The number of anilines is 1. The van der Waals surface area contributed by atoms with Crippen LogP contribution in [0, 0.1) is 0 Å². The molecule has 1 aromatic carbocycles. The van der Waals surface area contributed by atoms with E-state index >= 15 is 0 Å². The van der Waals surface area contributed by atoms with Crippen LogP contribution in [0.3, 0.4) is 0 Å². The first-order valence-corrected chi connectivity index (χ1v) is 13.4. The van der Waals surface area contributed by atoms with E-state index in [1.54, 1.807) is 6.20 Å². The minimum absolute atomic E-state index is 0.224. The number of likely N-dealkylation sites (tertiary alicyclic amines) is 1. The number of hydrogen-bond donors (Lipinski definition) is 0. The molecular formula is C29H43N3O5. The molecule has 4 rings (SSSR count). The van der Waals surface area contributed by atoms with Crippen molar-refractivity contribution in [1.82, 2.24) is 9.88 Å². The summed E-state index contributed by atoms with van der Waals surface area (Å²) in [6.07, 6.45) is 3.67. The van der Waals surface area contributed by atoms with Crippen LogP contribution in [0.1, 0.15) is 53.0 Å². The van der Waals surface area contributed by atoms with Crippen molar-refractivity contribution >= 4 is 11.8 Å². The lowest BCUT2D eigenvalue weighted by molar-refractivity contribution is 0.0209. The fraction of sp³-hybridized carbons (Fsp3) is 0.586. The molecule has 0 radical (unpaired) electrons. The number of benzene rings is 1. The summed E-state index contributed by atoms with van der Waals surface area (Å²) in [7, 11) is 0. The lowest BCUT2D eigenvalue weighted by Gasteiger charge is -2.42. The first kappa shape index (κ1) is 28.7. The molecule has 8 nitrogen and oxygen atoms in total. The average Bonchev–Trinajstić information content (AvgIpc) is 3.15. The van der Waals surface area contributed by atoms with Gasteiger partial charge < -0.3 is 28.7 Å². The number of amides is 1. The third kappa shape index (κ3) is 8.90. The van der Waals surface area contributed by atoms with E-state index < -0.39 is 5.60 Å². The molecule has 3 heterocycles. The van der Waals surface area contributed by atoms with Crippen molar-refractivity contribution in [3.8, 4) is 5.88 Å². The van der Waals surface area contributed by atoms with Crippen LogP contribution in [0.4, 0.5) is 10.5 Å². The van der Waals surface area contributed by atoms with Gasteiger partial charge in [-0.15, -0.1) is 0 Å². The van der Waals surface area contributed by atoms with Gasteiger partial charge in [-0.1, -0.05) is 44.2 Å². The molecule has 1 aromatic heterocycles. The van der Waals surface area contributed by atoms with Crippen LogP contribution in [-0.4, -0.2) is 73.2 Å². The van der Waals surface area contributed by atoms with E-state index in [0.29, 0.717) is 52.0 Å². The summed E-state index contributed by atoms with van der Waals surface area (Å²) in [5.41, 5.74) is 1.76. The van der Waals surface area contributed by atoms with E-state index in [4.69, 9.17) is 18.9 Å². The van der Waals surface area contributed by atoms with Crippen LogP contribution in [0.15, 0.2) is 48.7 Å². The Morgan fingerprint density at radius 3 is 2.27 bits per heavy atom. The van der Waals surface area contributed by atoms with Gasteiger partial charge in [0.15, 0.2) is 0 Å². The smallest absolute Gasteiger partial charge is 0.410 e. The number of fused-ring (bicyclic) bond motifs is 2. The Bertz CT molecular complexity index is 936. The fourth-order valence-electron chi connectivity index (χ4n) is 4.63. The normalized spacial score (nSPS) is 18.7. The van der Waals surface area contributed by atoms with Crippen LogP contribution >= 0.6 is 0 Å². The molecule has 2 unspecified atom stereocenters. The Balaban J connectivity index is 0.00000186. The summed E-state index contributed by atoms with van der Waals surface area (Å²) in [6.45, 7) is 13.6. The molecule has 2 aromatic rings.